The highest BCUT2D eigenvalue weighted by Gasteiger charge is 2.15. The summed E-state index contributed by atoms with van der Waals surface area (Å²) in [4.78, 5) is 4.22. The number of hydrogen-bond acceptors (Lipinski definition) is 3. The van der Waals surface area contributed by atoms with Crippen LogP contribution < -0.4 is 10.1 Å². The second-order valence-electron chi connectivity index (χ2n) is 3.25. The Morgan fingerprint density at radius 3 is 3.46 bits per heavy atom. The quantitative estimate of drug-likeness (QED) is 0.704. The number of pyridine rings is 1. The monoisotopic (exact) mass is 178 g/mol. The van der Waals surface area contributed by atoms with Gasteiger partial charge in [-0.2, -0.15) is 0 Å². The molecule has 1 N–H and O–H groups in total. The van der Waals surface area contributed by atoms with Crippen LogP contribution in [-0.2, 0) is 6.54 Å². The summed E-state index contributed by atoms with van der Waals surface area (Å²) in [5, 5.41) is 3.34. The fourth-order valence-corrected chi connectivity index (χ4v) is 1.46. The Morgan fingerprint density at radius 1 is 1.69 bits per heavy atom. The van der Waals surface area contributed by atoms with Gasteiger partial charge in [0.2, 0.25) is 5.88 Å². The van der Waals surface area contributed by atoms with Gasteiger partial charge in [0.25, 0.3) is 0 Å². The lowest BCUT2D eigenvalue weighted by Gasteiger charge is -2.13. The van der Waals surface area contributed by atoms with Crippen LogP contribution in [0.1, 0.15) is 18.9 Å². The first kappa shape index (κ1) is 8.51. The van der Waals surface area contributed by atoms with Crippen molar-refractivity contribution in [3.8, 4) is 5.88 Å². The highest BCUT2D eigenvalue weighted by atomic mass is 16.5. The summed E-state index contributed by atoms with van der Waals surface area (Å²) in [6.45, 7) is 3.90. The molecule has 1 unspecified atom stereocenters. The minimum atomic E-state index is 0.260. The highest BCUT2D eigenvalue weighted by Crippen LogP contribution is 2.18. The molecule has 0 spiro atoms. The number of aromatic nitrogens is 1. The van der Waals surface area contributed by atoms with Crippen LogP contribution in [0.2, 0.25) is 0 Å². The van der Waals surface area contributed by atoms with Crippen molar-refractivity contribution in [3.05, 3.63) is 23.9 Å². The van der Waals surface area contributed by atoms with Gasteiger partial charge in [0.15, 0.2) is 0 Å². The van der Waals surface area contributed by atoms with Gasteiger partial charge in [-0.3, -0.25) is 0 Å². The summed E-state index contributed by atoms with van der Waals surface area (Å²) in [5.74, 6) is 0.791. The fraction of sp³-hybridized carbons (Fsp3) is 0.500. The fourth-order valence-electron chi connectivity index (χ4n) is 1.46. The predicted octanol–water partition coefficient (Wildman–Crippen LogP) is 1.34. The maximum atomic E-state index is 5.73. The van der Waals surface area contributed by atoms with Crippen molar-refractivity contribution in [2.24, 2.45) is 0 Å². The molecule has 2 heterocycles. The molecule has 0 aliphatic carbocycles. The first-order valence-electron chi connectivity index (χ1n) is 4.71. The Kier molecular flexibility index (Phi) is 2.45. The number of nitrogens with one attached hydrogen (secondary N) is 1. The molecule has 1 atom stereocenters. The zero-order valence-electron chi connectivity index (χ0n) is 7.79. The van der Waals surface area contributed by atoms with Gasteiger partial charge in [0, 0.05) is 24.8 Å². The predicted molar refractivity (Wildman–Crippen MR) is 50.7 cm³/mol. The molecule has 1 aromatic heterocycles. The van der Waals surface area contributed by atoms with Gasteiger partial charge in [-0.25, -0.2) is 4.98 Å². The summed E-state index contributed by atoms with van der Waals surface area (Å²) in [6.07, 6.45) is 3.05. The van der Waals surface area contributed by atoms with Crippen molar-refractivity contribution in [1.82, 2.24) is 10.3 Å². The Balaban J connectivity index is 2.23. The van der Waals surface area contributed by atoms with Gasteiger partial charge >= 0.3 is 0 Å². The van der Waals surface area contributed by atoms with E-state index >= 15 is 0 Å². The average Bonchev–Trinajstić information content (AvgIpc) is 2.38. The topological polar surface area (TPSA) is 34.2 Å². The molecule has 3 heteroatoms. The SMILES string of the molecule is CCC1CNCc2cccnc2O1. The van der Waals surface area contributed by atoms with Crippen molar-refractivity contribution in [3.63, 3.8) is 0 Å². The van der Waals surface area contributed by atoms with Crippen LogP contribution in [0.3, 0.4) is 0 Å². The largest absolute Gasteiger partial charge is 0.473 e. The third-order valence-electron chi connectivity index (χ3n) is 2.27. The molecule has 13 heavy (non-hydrogen) atoms. The van der Waals surface area contributed by atoms with Crippen molar-refractivity contribution in [1.29, 1.82) is 0 Å². The summed E-state index contributed by atoms with van der Waals surface area (Å²) >= 11 is 0. The number of rotatable bonds is 1. The van der Waals surface area contributed by atoms with Gasteiger partial charge in [-0.1, -0.05) is 13.0 Å². The molecule has 0 radical (unpaired) electrons. The Hall–Kier alpha value is -1.09. The maximum Gasteiger partial charge on any atom is 0.218 e. The van der Waals surface area contributed by atoms with Crippen molar-refractivity contribution in [2.45, 2.75) is 26.0 Å². The van der Waals surface area contributed by atoms with Crippen LogP contribution in [0.4, 0.5) is 0 Å². The van der Waals surface area contributed by atoms with E-state index in [2.05, 4.69) is 17.2 Å². The van der Waals surface area contributed by atoms with Crippen LogP contribution in [0, 0.1) is 0 Å². The van der Waals surface area contributed by atoms with Crippen molar-refractivity contribution in [2.75, 3.05) is 6.54 Å². The summed E-state index contributed by atoms with van der Waals surface area (Å²) in [5.41, 5.74) is 1.15. The lowest BCUT2D eigenvalue weighted by molar-refractivity contribution is 0.194. The molecule has 0 saturated heterocycles. The molecule has 0 amide bonds. The van der Waals surface area contributed by atoms with Crippen LogP contribution in [-0.4, -0.2) is 17.6 Å². The minimum Gasteiger partial charge on any atom is -0.473 e. The van der Waals surface area contributed by atoms with E-state index in [4.69, 9.17) is 4.74 Å². The van der Waals surface area contributed by atoms with Crippen LogP contribution in [0.15, 0.2) is 18.3 Å². The van der Waals surface area contributed by atoms with Gasteiger partial charge in [-0.15, -0.1) is 0 Å². The molecular weight excluding hydrogens is 164 g/mol. The normalized spacial score (nSPS) is 21.5. The van der Waals surface area contributed by atoms with Gasteiger partial charge < -0.3 is 10.1 Å². The third kappa shape index (κ3) is 1.80. The molecule has 0 saturated carbocycles. The lowest BCUT2D eigenvalue weighted by Crippen LogP contribution is -2.27. The molecule has 2 rings (SSSR count). The Morgan fingerprint density at radius 2 is 2.62 bits per heavy atom. The van der Waals surface area contributed by atoms with E-state index in [1.165, 1.54) is 0 Å². The highest BCUT2D eigenvalue weighted by molar-refractivity contribution is 5.26. The molecule has 0 aromatic carbocycles. The molecule has 70 valence electrons. The zero-order chi connectivity index (χ0) is 9.10. The van der Waals surface area contributed by atoms with E-state index in [1.807, 2.05) is 12.1 Å². The van der Waals surface area contributed by atoms with E-state index in [9.17, 15) is 0 Å². The van der Waals surface area contributed by atoms with Crippen LogP contribution in [0.5, 0.6) is 5.88 Å². The molecule has 0 fully saturated rings. The van der Waals surface area contributed by atoms with E-state index in [-0.39, 0.29) is 6.10 Å². The van der Waals surface area contributed by atoms with Gasteiger partial charge in [0.05, 0.1) is 0 Å². The van der Waals surface area contributed by atoms with Gasteiger partial charge in [-0.05, 0) is 12.5 Å². The van der Waals surface area contributed by atoms with E-state index < -0.39 is 0 Å². The first-order chi connectivity index (χ1) is 6.40. The second-order valence-corrected chi connectivity index (χ2v) is 3.25. The zero-order valence-corrected chi connectivity index (χ0v) is 7.79. The van der Waals surface area contributed by atoms with E-state index in [1.54, 1.807) is 6.20 Å². The maximum absolute atomic E-state index is 5.73. The van der Waals surface area contributed by atoms with Crippen LogP contribution in [0.25, 0.3) is 0 Å². The first-order valence-corrected chi connectivity index (χ1v) is 4.71. The van der Waals surface area contributed by atoms with E-state index in [0.29, 0.717) is 0 Å². The smallest absolute Gasteiger partial charge is 0.218 e. The molecular formula is C10H14N2O. The molecule has 3 nitrogen and oxygen atoms in total. The summed E-state index contributed by atoms with van der Waals surface area (Å²) in [7, 11) is 0. The Labute approximate surface area is 78.1 Å². The van der Waals surface area contributed by atoms with E-state index in [0.717, 1.165) is 31.0 Å². The minimum absolute atomic E-state index is 0.260. The lowest BCUT2D eigenvalue weighted by atomic mass is 10.3. The average molecular weight is 178 g/mol. The van der Waals surface area contributed by atoms with Crippen molar-refractivity contribution >= 4 is 0 Å². The summed E-state index contributed by atoms with van der Waals surface area (Å²) < 4.78 is 5.73. The number of fused-ring (bicyclic) bond motifs is 1. The molecule has 1 aliphatic heterocycles. The number of nitrogens with zero attached hydrogens (tertiary/aromatic N) is 1. The van der Waals surface area contributed by atoms with Crippen LogP contribution >= 0.6 is 0 Å². The molecule has 1 aliphatic rings. The third-order valence-corrected chi connectivity index (χ3v) is 2.27. The van der Waals surface area contributed by atoms with Crippen molar-refractivity contribution < 1.29 is 4.74 Å². The summed E-state index contributed by atoms with van der Waals surface area (Å²) in [6, 6.07) is 3.99. The second kappa shape index (κ2) is 3.75. The standard InChI is InChI=1S/C10H14N2O/c1-2-9-7-11-6-8-4-3-5-12-10(8)13-9/h3-5,9,11H,2,6-7H2,1H3. The molecule has 1 aromatic rings. The number of ether oxygens (including phenoxy) is 1. The van der Waals surface area contributed by atoms with Gasteiger partial charge in [0.1, 0.15) is 6.10 Å². The number of hydrogen-bond donors (Lipinski definition) is 1. The Bertz CT molecular complexity index is 288. The molecule has 0 bridgehead atoms.